The molecule has 1 aliphatic rings. The third-order valence-corrected chi connectivity index (χ3v) is 5.11. The molecule has 31 heavy (non-hydrogen) atoms. The zero-order chi connectivity index (χ0) is 21.8. The number of benzene rings is 2. The fourth-order valence-corrected chi connectivity index (χ4v) is 3.37. The number of nitrogens with zero attached hydrogens (tertiary/aromatic N) is 3. The highest BCUT2D eigenvalue weighted by Gasteiger charge is 2.30. The number of hydrogen-bond acceptors (Lipinski definition) is 6. The van der Waals surface area contributed by atoms with E-state index in [1.54, 1.807) is 11.0 Å². The molecule has 1 saturated heterocycles. The molecule has 3 aromatic rings. The summed E-state index contributed by atoms with van der Waals surface area (Å²) in [6, 6.07) is 11.7. The number of aryl methyl sites for hydroxylation is 1. The minimum Gasteiger partial charge on any atom is -0.494 e. The van der Waals surface area contributed by atoms with Crippen LogP contribution in [-0.4, -0.2) is 41.3 Å². The van der Waals surface area contributed by atoms with Crippen LogP contribution in [0, 0.1) is 12.7 Å². The Bertz CT molecular complexity index is 1050. The molecule has 1 unspecified atom stereocenters. The molecule has 162 valence electrons. The van der Waals surface area contributed by atoms with E-state index in [1.165, 1.54) is 19.2 Å². The number of carbonyl (C=O) groups is 1. The van der Waals surface area contributed by atoms with Crippen molar-refractivity contribution in [1.29, 1.82) is 0 Å². The summed E-state index contributed by atoms with van der Waals surface area (Å²) in [5.74, 6) is 1.21. The Hall–Kier alpha value is -3.62. The maximum absolute atomic E-state index is 13.8. The second-order valence-corrected chi connectivity index (χ2v) is 7.36. The minimum atomic E-state index is -0.535. The largest absolute Gasteiger partial charge is 0.494 e. The van der Waals surface area contributed by atoms with Crippen molar-refractivity contribution in [3.63, 3.8) is 0 Å². The van der Waals surface area contributed by atoms with Crippen LogP contribution in [0.1, 0.15) is 29.6 Å². The number of halogens is 1. The summed E-state index contributed by atoms with van der Waals surface area (Å²) >= 11 is 0. The van der Waals surface area contributed by atoms with E-state index in [2.05, 4.69) is 15.5 Å². The first-order valence-corrected chi connectivity index (χ1v) is 9.93. The van der Waals surface area contributed by atoms with Crippen molar-refractivity contribution >= 4 is 11.7 Å². The standard InChI is InChI=1S/C22H23FN4O4/c1-14-3-6-17(7-4-14)30-13-20-25-21(26-31-20)15-9-10-27(12-15)22(28)24-16-5-8-19(29-2)18(23)11-16/h3-8,11,15H,9-10,12-13H2,1-2H3,(H,24,28). The van der Waals surface area contributed by atoms with Gasteiger partial charge in [-0.15, -0.1) is 0 Å². The van der Waals surface area contributed by atoms with Gasteiger partial charge in [-0.25, -0.2) is 9.18 Å². The lowest BCUT2D eigenvalue weighted by molar-refractivity contribution is 0.221. The Morgan fingerprint density at radius 1 is 1.29 bits per heavy atom. The van der Waals surface area contributed by atoms with Gasteiger partial charge in [0.1, 0.15) is 5.75 Å². The summed E-state index contributed by atoms with van der Waals surface area (Å²) in [7, 11) is 1.39. The van der Waals surface area contributed by atoms with E-state index < -0.39 is 5.82 Å². The normalized spacial score (nSPS) is 15.7. The van der Waals surface area contributed by atoms with E-state index in [-0.39, 0.29) is 24.3 Å². The Morgan fingerprint density at radius 3 is 2.84 bits per heavy atom. The molecule has 0 radical (unpaired) electrons. The predicted molar refractivity (Wildman–Crippen MR) is 111 cm³/mol. The van der Waals surface area contributed by atoms with Gasteiger partial charge < -0.3 is 24.2 Å². The van der Waals surface area contributed by atoms with E-state index >= 15 is 0 Å². The monoisotopic (exact) mass is 426 g/mol. The summed E-state index contributed by atoms with van der Waals surface area (Å²) < 4.78 is 29.7. The highest BCUT2D eigenvalue weighted by molar-refractivity contribution is 5.89. The molecule has 2 heterocycles. The molecule has 0 bridgehead atoms. The van der Waals surface area contributed by atoms with Crippen molar-refractivity contribution in [1.82, 2.24) is 15.0 Å². The minimum absolute atomic E-state index is 0.0322. The fraction of sp³-hybridized carbons (Fsp3) is 0.318. The first-order valence-electron chi connectivity index (χ1n) is 9.93. The van der Waals surface area contributed by atoms with Crippen molar-refractivity contribution in [2.45, 2.75) is 25.9 Å². The highest BCUT2D eigenvalue weighted by atomic mass is 19.1. The molecular weight excluding hydrogens is 403 g/mol. The number of urea groups is 1. The first-order chi connectivity index (χ1) is 15.0. The molecule has 8 nitrogen and oxygen atoms in total. The van der Waals surface area contributed by atoms with Gasteiger partial charge in [0, 0.05) is 30.8 Å². The summed E-state index contributed by atoms with van der Waals surface area (Å²) in [4.78, 5) is 18.6. The summed E-state index contributed by atoms with van der Waals surface area (Å²) in [5.41, 5.74) is 1.52. The van der Waals surface area contributed by atoms with Crippen LogP contribution < -0.4 is 14.8 Å². The van der Waals surface area contributed by atoms with Gasteiger partial charge in [0.25, 0.3) is 5.89 Å². The van der Waals surface area contributed by atoms with Crippen molar-refractivity contribution in [2.24, 2.45) is 0 Å². The van der Waals surface area contributed by atoms with Gasteiger partial charge in [-0.05, 0) is 37.6 Å². The average Bonchev–Trinajstić information content (AvgIpc) is 3.43. The van der Waals surface area contributed by atoms with E-state index in [0.29, 0.717) is 36.9 Å². The molecule has 1 fully saturated rings. The van der Waals surface area contributed by atoms with Crippen LogP contribution in [0.15, 0.2) is 47.0 Å². The van der Waals surface area contributed by atoms with Crippen molar-refractivity contribution < 1.29 is 23.2 Å². The topological polar surface area (TPSA) is 89.7 Å². The SMILES string of the molecule is COc1ccc(NC(=O)N2CCC(c3noc(COc4ccc(C)cc4)n3)C2)cc1F. The zero-order valence-corrected chi connectivity index (χ0v) is 17.3. The maximum Gasteiger partial charge on any atom is 0.321 e. The van der Waals surface area contributed by atoms with Crippen LogP contribution in [0.5, 0.6) is 11.5 Å². The maximum atomic E-state index is 13.8. The number of ether oxygens (including phenoxy) is 2. The molecule has 0 saturated carbocycles. The summed E-state index contributed by atoms with van der Waals surface area (Å²) in [6.45, 7) is 3.17. The van der Waals surface area contributed by atoms with Gasteiger partial charge in [-0.3, -0.25) is 0 Å². The number of anilines is 1. The van der Waals surface area contributed by atoms with Crippen molar-refractivity contribution in [3.05, 3.63) is 65.6 Å². The smallest absolute Gasteiger partial charge is 0.321 e. The van der Waals surface area contributed by atoms with Crippen LogP contribution in [0.4, 0.5) is 14.9 Å². The number of aromatic nitrogens is 2. The number of amides is 2. The number of hydrogen-bond donors (Lipinski definition) is 1. The molecule has 2 aromatic carbocycles. The van der Waals surface area contributed by atoms with E-state index in [0.717, 1.165) is 11.3 Å². The highest BCUT2D eigenvalue weighted by Crippen LogP contribution is 2.27. The quantitative estimate of drug-likeness (QED) is 0.638. The fourth-order valence-electron chi connectivity index (χ4n) is 3.37. The van der Waals surface area contributed by atoms with E-state index in [9.17, 15) is 9.18 Å². The van der Waals surface area contributed by atoms with Crippen molar-refractivity contribution in [2.75, 3.05) is 25.5 Å². The van der Waals surface area contributed by atoms with Gasteiger partial charge >= 0.3 is 6.03 Å². The summed E-state index contributed by atoms with van der Waals surface area (Å²) in [6.07, 6.45) is 0.711. The number of likely N-dealkylation sites (tertiary alicyclic amines) is 1. The lowest BCUT2D eigenvalue weighted by Gasteiger charge is -2.17. The third-order valence-electron chi connectivity index (χ3n) is 5.11. The Labute approximate surface area is 179 Å². The number of rotatable bonds is 6. The molecule has 2 amide bonds. The van der Waals surface area contributed by atoms with Gasteiger partial charge in [0.05, 0.1) is 7.11 Å². The predicted octanol–water partition coefficient (Wildman–Crippen LogP) is 4.13. The molecular formula is C22H23FN4O4. The number of carbonyl (C=O) groups excluding carboxylic acids is 1. The van der Waals surface area contributed by atoms with Gasteiger partial charge in [0.15, 0.2) is 24.0 Å². The van der Waals surface area contributed by atoms with Crippen LogP contribution in [0.25, 0.3) is 0 Å². The molecule has 1 atom stereocenters. The second-order valence-electron chi connectivity index (χ2n) is 7.36. The Kier molecular flexibility index (Phi) is 6.01. The van der Waals surface area contributed by atoms with Crippen LogP contribution in [-0.2, 0) is 6.61 Å². The van der Waals surface area contributed by atoms with E-state index in [4.69, 9.17) is 14.0 Å². The van der Waals surface area contributed by atoms with Gasteiger partial charge in [-0.2, -0.15) is 4.98 Å². The molecule has 9 heteroatoms. The molecule has 1 aromatic heterocycles. The Morgan fingerprint density at radius 2 is 2.10 bits per heavy atom. The number of methoxy groups -OCH3 is 1. The number of nitrogens with one attached hydrogen (secondary N) is 1. The van der Waals surface area contributed by atoms with Gasteiger partial charge in [-0.1, -0.05) is 22.9 Å². The molecule has 0 aliphatic carbocycles. The van der Waals surface area contributed by atoms with Crippen LogP contribution in [0.3, 0.4) is 0 Å². The molecule has 4 rings (SSSR count). The van der Waals surface area contributed by atoms with Crippen LogP contribution in [0.2, 0.25) is 0 Å². The van der Waals surface area contributed by atoms with Crippen molar-refractivity contribution in [3.8, 4) is 11.5 Å². The van der Waals surface area contributed by atoms with Crippen LogP contribution >= 0.6 is 0 Å². The molecule has 1 aliphatic heterocycles. The average molecular weight is 426 g/mol. The van der Waals surface area contributed by atoms with E-state index in [1.807, 2.05) is 31.2 Å². The molecule has 0 spiro atoms. The lowest BCUT2D eigenvalue weighted by Crippen LogP contribution is -2.32. The molecule has 1 N–H and O–H groups in total. The van der Waals surface area contributed by atoms with Gasteiger partial charge in [0.2, 0.25) is 0 Å². The lowest BCUT2D eigenvalue weighted by atomic mass is 10.1. The third kappa shape index (κ3) is 4.93. The first kappa shape index (κ1) is 20.6. The summed E-state index contributed by atoms with van der Waals surface area (Å²) in [5, 5.41) is 6.75. The Balaban J connectivity index is 1.30. The zero-order valence-electron chi connectivity index (χ0n) is 17.3. The second kappa shape index (κ2) is 9.03.